The second kappa shape index (κ2) is 1.60. The first-order valence-electron chi connectivity index (χ1n) is 3.51. The molecule has 0 amide bonds. The van der Waals surface area contributed by atoms with Crippen molar-refractivity contribution in [1.29, 1.82) is 0 Å². The second-order valence-corrected chi connectivity index (χ2v) is 2.59. The molecule has 2 aliphatic carbocycles. The Bertz CT molecular complexity index is 216. The Hall–Kier alpha value is -0.780. The third-order valence-electron chi connectivity index (χ3n) is 2.10. The van der Waals surface area contributed by atoms with E-state index in [2.05, 4.69) is 25.1 Å². The molecule has 2 bridgehead atoms. The molecule has 0 N–H and O–H groups in total. The summed E-state index contributed by atoms with van der Waals surface area (Å²) in [4.78, 5) is 0. The van der Waals surface area contributed by atoms with Crippen LogP contribution in [0.3, 0.4) is 0 Å². The van der Waals surface area contributed by atoms with Gasteiger partial charge in [-0.05, 0) is 29.5 Å². The summed E-state index contributed by atoms with van der Waals surface area (Å²) in [7, 11) is 0. The summed E-state index contributed by atoms with van der Waals surface area (Å²) in [6, 6.07) is 6.60. The standard InChI is InChI=1S/C9H10/c1-2-9-7-4-3-5-8(9)6-7/h3-5H,2,6H2,1H3. The minimum absolute atomic E-state index is 1.21. The van der Waals surface area contributed by atoms with E-state index in [0.29, 0.717) is 0 Å². The van der Waals surface area contributed by atoms with Gasteiger partial charge in [0.05, 0.1) is 0 Å². The minimum Gasteiger partial charge on any atom is -0.0617 e. The summed E-state index contributed by atoms with van der Waals surface area (Å²) in [5.74, 6) is 0. The van der Waals surface area contributed by atoms with Gasteiger partial charge in [-0.3, -0.25) is 0 Å². The number of hydrogen-bond donors (Lipinski definition) is 0. The van der Waals surface area contributed by atoms with E-state index in [1.165, 1.54) is 12.8 Å². The van der Waals surface area contributed by atoms with Crippen LogP contribution >= 0.6 is 0 Å². The maximum absolute atomic E-state index is 2.23. The predicted molar refractivity (Wildman–Crippen MR) is 38.6 cm³/mol. The third kappa shape index (κ3) is 0.533. The number of fused-ring (bicyclic) bond motifs is 2. The molecule has 0 atom stereocenters. The molecule has 0 fully saturated rings. The molecule has 0 radical (unpaired) electrons. The Labute approximate surface area is 55.5 Å². The zero-order valence-electron chi connectivity index (χ0n) is 5.65. The average Bonchev–Trinajstić information content (AvgIpc) is 1.90. The van der Waals surface area contributed by atoms with Crippen molar-refractivity contribution < 1.29 is 0 Å². The van der Waals surface area contributed by atoms with Gasteiger partial charge in [-0.1, -0.05) is 25.1 Å². The smallest absolute Gasteiger partial charge is 0.00201 e. The van der Waals surface area contributed by atoms with E-state index in [9.17, 15) is 0 Å². The van der Waals surface area contributed by atoms with Crippen molar-refractivity contribution in [3.05, 3.63) is 34.9 Å². The van der Waals surface area contributed by atoms with Gasteiger partial charge in [-0.2, -0.15) is 0 Å². The molecule has 0 unspecified atom stereocenters. The molecule has 3 rings (SSSR count). The molecule has 0 aromatic heterocycles. The monoisotopic (exact) mass is 118 g/mol. The first kappa shape index (κ1) is 5.04. The van der Waals surface area contributed by atoms with Crippen LogP contribution in [0.1, 0.15) is 23.6 Å². The van der Waals surface area contributed by atoms with Crippen LogP contribution in [0.15, 0.2) is 18.2 Å². The third-order valence-corrected chi connectivity index (χ3v) is 2.10. The number of aryl methyl sites for hydroxylation is 1. The van der Waals surface area contributed by atoms with Crippen LogP contribution in [-0.2, 0) is 12.8 Å². The average molecular weight is 118 g/mol. The van der Waals surface area contributed by atoms with Gasteiger partial charge in [-0.15, -0.1) is 0 Å². The van der Waals surface area contributed by atoms with E-state index < -0.39 is 0 Å². The van der Waals surface area contributed by atoms with Crippen LogP contribution in [0.5, 0.6) is 0 Å². The minimum atomic E-state index is 1.21. The molecule has 2 aliphatic rings. The number of hydrogen-bond acceptors (Lipinski definition) is 0. The molecule has 0 heteroatoms. The summed E-state index contributed by atoms with van der Waals surface area (Å²) in [6.45, 7) is 2.22. The van der Waals surface area contributed by atoms with Crippen LogP contribution in [0.4, 0.5) is 0 Å². The molecule has 0 aliphatic heterocycles. The van der Waals surface area contributed by atoms with E-state index >= 15 is 0 Å². The van der Waals surface area contributed by atoms with Crippen LogP contribution in [0.25, 0.3) is 0 Å². The van der Waals surface area contributed by atoms with Gasteiger partial charge in [0.1, 0.15) is 0 Å². The Kier molecular flexibility index (Phi) is 0.895. The summed E-state index contributed by atoms with van der Waals surface area (Å²) in [5.41, 5.74) is 4.72. The van der Waals surface area contributed by atoms with Gasteiger partial charge in [0.25, 0.3) is 0 Å². The van der Waals surface area contributed by atoms with Gasteiger partial charge in [0.2, 0.25) is 0 Å². The fourth-order valence-corrected chi connectivity index (χ4v) is 1.57. The lowest BCUT2D eigenvalue weighted by molar-refractivity contribution is 0.944. The number of rotatable bonds is 1. The zero-order chi connectivity index (χ0) is 6.27. The first-order valence-corrected chi connectivity index (χ1v) is 3.51. The van der Waals surface area contributed by atoms with Gasteiger partial charge >= 0.3 is 0 Å². The topological polar surface area (TPSA) is 0 Å². The van der Waals surface area contributed by atoms with Gasteiger partial charge in [0.15, 0.2) is 0 Å². The molecular formula is C9H10. The normalized spacial score (nSPS) is 13.0. The van der Waals surface area contributed by atoms with Gasteiger partial charge in [0, 0.05) is 0 Å². The lowest BCUT2D eigenvalue weighted by atomic mass is 9.83. The molecule has 0 spiro atoms. The fourth-order valence-electron chi connectivity index (χ4n) is 1.57. The lowest BCUT2D eigenvalue weighted by Gasteiger charge is -2.21. The van der Waals surface area contributed by atoms with E-state index in [1.807, 2.05) is 0 Å². The summed E-state index contributed by atoms with van der Waals surface area (Å²) < 4.78 is 0. The van der Waals surface area contributed by atoms with Crippen LogP contribution in [0, 0.1) is 0 Å². The maximum Gasteiger partial charge on any atom is -0.00201 e. The molecule has 9 heavy (non-hydrogen) atoms. The van der Waals surface area contributed by atoms with Crippen molar-refractivity contribution >= 4 is 0 Å². The summed E-state index contributed by atoms with van der Waals surface area (Å²) >= 11 is 0. The molecule has 1 aromatic carbocycles. The molecular weight excluding hydrogens is 108 g/mol. The van der Waals surface area contributed by atoms with E-state index in [-0.39, 0.29) is 0 Å². The molecule has 0 heterocycles. The van der Waals surface area contributed by atoms with E-state index in [1.54, 1.807) is 16.7 Å². The SMILES string of the molecule is CCc1c2cccc1C2. The largest absolute Gasteiger partial charge is 0.0617 e. The molecule has 1 aromatic rings. The molecule has 0 saturated carbocycles. The fraction of sp³-hybridized carbons (Fsp3) is 0.333. The Morgan fingerprint density at radius 3 is 2.33 bits per heavy atom. The van der Waals surface area contributed by atoms with Crippen molar-refractivity contribution in [1.82, 2.24) is 0 Å². The summed E-state index contributed by atoms with van der Waals surface area (Å²) in [6.07, 6.45) is 2.45. The first-order chi connectivity index (χ1) is 4.42. The van der Waals surface area contributed by atoms with Crippen LogP contribution in [0.2, 0.25) is 0 Å². The van der Waals surface area contributed by atoms with Crippen molar-refractivity contribution in [3.63, 3.8) is 0 Å². The Balaban J connectivity index is 2.55. The number of benzene rings is 1. The maximum atomic E-state index is 2.23. The van der Waals surface area contributed by atoms with Crippen molar-refractivity contribution in [3.8, 4) is 0 Å². The van der Waals surface area contributed by atoms with Gasteiger partial charge < -0.3 is 0 Å². The highest BCUT2D eigenvalue weighted by molar-refractivity contribution is 5.47. The van der Waals surface area contributed by atoms with Gasteiger partial charge in [-0.25, -0.2) is 0 Å². The quantitative estimate of drug-likeness (QED) is 0.538. The Morgan fingerprint density at radius 2 is 2.00 bits per heavy atom. The molecule has 0 nitrogen and oxygen atoms in total. The highest BCUT2D eigenvalue weighted by atomic mass is 14.2. The van der Waals surface area contributed by atoms with Crippen molar-refractivity contribution in [2.45, 2.75) is 19.8 Å². The summed E-state index contributed by atoms with van der Waals surface area (Å²) in [5, 5.41) is 0. The van der Waals surface area contributed by atoms with Crippen molar-refractivity contribution in [2.75, 3.05) is 0 Å². The highest BCUT2D eigenvalue weighted by Crippen LogP contribution is 2.28. The van der Waals surface area contributed by atoms with Crippen LogP contribution in [-0.4, -0.2) is 0 Å². The van der Waals surface area contributed by atoms with Crippen LogP contribution < -0.4 is 0 Å². The Morgan fingerprint density at radius 1 is 1.33 bits per heavy atom. The van der Waals surface area contributed by atoms with Crippen molar-refractivity contribution in [2.24, 2.45) is 0 Å². The van der Waals surface area contributed by atoms with E-state index in [4.69, 9.17) is 0 Å². The zero-order valence-corrected chi connectivity index (χ0v) is 5.65. The highest BCUT2D eigenvalue weighted by Gasteiger charge is 2.15. The van der Waals surface area contributed by atoms with E-state index in [0.717, 1.165) is 0 Å². The second-order valence-electron chi connectivity index (χ2n) is 2.59. The molecule has 0 saturated heterocycles. The molecule has 46 valence electrons. The lowest BCUT2D eigenvalue weighted by Crippen LogP contribution is -2.09. The predicted octanol–water partition coefficient (Wildman–Crippen LogP) is 2.15.